The highest BCUT2D eigenvalue weighted by Gasteiger charge is 2.42. The second-order valence-corrected chi connectivity index (χ2v) is 8.75. The molecule has 6 rings (SSSR count). The Bertz CT molecular complexity index is 1390. The van der Waals surface area contributed by atoms with Gasteiger partial charge in [0, 0.05) is 17.7 Å². The van der Waals surface area contributed by atoms with Crippen molar-refractivity contribution in [3.63, 3.8) is 0 Å². The highest BCUT2D eigenvalue weighted by atomic mass is 16.7. The molecule has 1 amide bonds. The van der Waals surface area contributed by atoms with Crippen molar-refractivity contribution >= 4 is 5.91 Å². The molecular weight excluding hydrogens is 442 g/mol. The van der Waals surface area contributed by atoms with Gasteiger partial charge in [0.05, 0.1) is 18.3 Å². The number of rotatable bonds is 6. The van der Waals surface area contributed by atoms with E-state index in [-0.39, 0.29) is 18.7 Å². The number of aromatic nitrogens is 2. The van der Waals surface area contributed by atoms with Crippen molar-refractivity contribution in [3.8, 4) is 28.5 Å². The van der Waals surface area contributed by atoms with E-state index in [0.717, 1.165) is 39.4 Å². The first kappa shape index (κ1) is 21.3. The number of H-pyrrole nitrogens is 1. The molecule has 0 radical (unpaired) electrons. The van der Waals surface area contributed by atoms with Crippen LogP contribution in [-0.2, 0) is 6.54 Å². The molecule has 1 aromatic heterocycles. The fourth-order valence-electron chi connectivity index (χ4n) is 4.79. The first-order valence-electron chi connectivity index (χ1n) is 11.7. The summed E-state index contributed by atoms with van der Waals surface area (Å²) in [6.07, 6.45) is 0. The maximum Gasteiger partial charge on any atom is 0.273 e. The Morgan fingerprint density at radius 2 is 1.80 bits per heavy atom. The number of nitrogens with one attached hydrogen (secondary N) is 1. The number of ether oxygens (including phenoxy) is 3. The van der Waals surface area contributed by atoms with Crippen LogP contribution < -0.4 is 14.2 Å². The quantitative estimate of drug-likeness (QED) is 0.419. The maximum absolute atomic E-state index is 13.7. The Balaban J connectivity index is 1.43. The third-order valence-corrected chi connectivity index (χ3v) is 6.49. The van der Waals surface area contributed by atoms with Gasteiger partial charge in [-0.15, -0.1) is 0 Å². The van der Waals surface area contributed by atoms with Crippen LogP contribution in [-0.4, -0.2) is 34.4 Å². The van der Waals surface area contributed by atoms with Crippen LogP contribution >= 0.6 is 0 Å². The molecule has 35 heavy (non-hydrogen) atoms. The van der Waals surface area contributed by atoms with Gasteiger partial charge >= 0.3 is 0 Å². The van der Waals surface area contributed by atoms with Crippen LogP contribution in [0.3, 0.4) is 0 Å². The van der Waals surface area contributed by atoms with Crippen LogP contribution in [0.15, 0.2) is 66.7 Å². The van der Waals surface area contributed by atoms with E-state index in [1.165, 1.54) is 5.56 Å². The van der Waals surface area contributed by atoms with Crippen LogP contribution in [0, 0.1) is 6.92 Å². The number of amides is 1. The summed E-state index contributed by atoms with van der Waals surface area (Å²) < 4.78 is 16.6. The molecule has 1 N–H and O–H groups in total. The molecule has 0 fully saturated rings. The van der Waals surface area contributed by atoms with E-state index < -0.39 is 0 Å². The number of fused-ring (bicyclic) bond motifs is 2. The van der Waals surface area contributed by atoms with Crippen molar-refractivity contribution in [3.05, 3.63) is 94.7 Å². The summed E-state index contributed by atoms with van der Waals surface area (Å²) in [6, 6.07) is 21.7. The molecule has 7 heteroatoms. The average molecular weight is 468 g/mol. The lowest BCUT2D eigenvalue weighted by atomic mass is 9.95. The monoisotopic (exact) mass is 467 g/mol. The molecule has 0 aliphatic carbocycles. The number of hydrogen-bond donors (Lipinski definition) is 1. The molecule has 3 aromatic carbocycles. The predicted octanol–water partition coefficient (Wildman–Crippen LogP) is 5.26. The zero-order valence-corrected chi connectivity index (χ0v) is 19.6. The van der Waals surface area contributed by atoms with E-state index in [9.17, 15) is 4.79 Å². The standard InChI is InChI=1S/C28H25N3O4/c1-3-33-21-11-9-20(10-12-21)27-24-25(19-7-4-17(2)5-8-19)29-30-26(24)28(32)31(27)15-18-6-13-22-23(14-18)35-16-34-22/h4-14,27H,3,15-16H2,1-2H3,(H,29,30). The fourth-order valence-corrected chi connectivity index (χ4v) is 4.79. The highest BCUT2D eigenvalue weighted by Crippen LogP contribution is 2.44. The van der Waals surface area contributed by atoms with Gasteiger partial charge in [-0.05, 0) is 49.2 Å². The first-order valence-corrected chi connectivity index (χ1v) is 11.7. The smallest absolute Gasteiger partial charge is 0.273 e. The minimum absolute atomic E-state index is 0.0811. The maximum atomic E-state index is 13.7. The Morgan fingerprint density at radius 3 is 2.57 bits per heavy atom. The van der Waals surface area contributed by atoms with Gasteiger partial charge < -0.3 is 19.1 Å². The molecule has 2 aliphatic heterocycles. The molecule has 0 spiro atoms. The van der Waals surface area contributed by atoms with E-state index in [4.69, 9.17) is 14.2 Å². The van der Waals surface area contributed by atoms with Crippen LogP contribution in [0.2, 0.25) is 0 Å². The van der Waals surface area contributed by atoms with Crippen LogP contribution in [0.1, 0.15) is 45.7 Å². The lowest BCUT2D eigenvalue weighted by Crippen LogP contribution is -2.29. The molecule has 1 unspecified atom stereocenters. The van der Waals surface area contributed by atoms with Crippen LogP contribution in [0.4, 0.5) is 0 Å². The number of aromatic amines is 1. The zero-order chi connectivity index (χ0) is 23.9. The largest absolute Gasteiger partial charge is 0.494 e. The number of carbonyl (C=O) groups excluding carboxylic acids is 1. The van der Waals surface area contributed by atoms with Crippen molar-refractivity contribution < 1.29 is 19.0 Å². The van der Waals surface area contributed by atoms with Crippen molar-refractivity contribution in [2.45, 2.75) is 26.4 Å². The summed E-state index contributed by atoms with van der Waals surface area (Å²) in [6.45, 7) is 5.25. The zero-order valence-electron chi connectivity index (χ0n) is 19.6. The van der Waals surface area contributed by atoms with Crippen LogP contribution in [0.25, 0.3) is 11.3 Å². The van der Waals surface area contributed by atoms with Gasteiger partial charge in [-0.2, -0.15) is 5.10 Å². The van der Waals surface area contributed by atoms with Crippen molar-refractivity contribution in [1.82, 2.24) is 15.1 Å². The van der Waals surface area contributed by atoms with Crippen molar-refractivity contribution in [1.29, 1.82) is 0 Å². The van der Waals surface area contributed by atoms with Gasteiger partial charge in [0.15, 0.2) is 11.5 Å². The second-order valence-electron chi connectivity index (χ2n) is 8.75. The second kappa shape index (κ2) is 8.51. The van der Waals surface area contributed by atoms with Crippen molar-refractivity contribution in [2.24, 2.45) is 0 Å². The molecule has 0 saturated heterocycles. The highest BCUT2D eigenvalue weighted by molar-refractivity contribution is 6.00. The Morgan fingerprint density at radius 1 is 1.03 bits per heavy atom. The SMILES string of the molecule is CCOc1ccc(C2c3c(-c4ccc(C)cc4)n[nH]c3C(=O)N2Cc2ccc3c(c2)OCO3)cc1. The van der Waals surface area contributed by atoms with Gasteiger partial charge in [0.2, 0.25) is 6.79 Å². The van der Waals surface area contributed by atoms with Crippen LogP contribution in [0.5, 0.6) is 17.2 Å². The average Bonchev–Trinajstić information content (AvgIpc) is 3.57. The molecule has 7 nitrogen and oxygen atoms in total. The fraction of sp³-hybridized carbons (Fsp3) is 0.214. The van der Waals surface area contributed by atoms with Crippen molar-refractivity contribution in [2.75, 3.05) is 13.4 Å². The molecule has 0 bridgehead atoms. The number of hydrogen-bond acceptors (Lipinski definition) is 5. The number of benzene rings is 3. The Hall–Kier alpha value is -4.26. The third kappa shape index (κ3) is 3.69. The number of nitrogens with zero attached hydrogens (tertiary/aromatic N) is 2. The summed E-state index contributed by atoms with van der Waals surface area (Å²) in [7, 11) is 0. The lowest BCUT2D eigenvalue weighted by Gasteiger charge is -2.27. The summed E-state index contributed by atoms with van der Waals surface area (Å²) in [5.74, 6) is 2.14. The van der Waals surface area contributed by atoms with Gasteiger partial charge in [0.25, 0.3) is 5.91 Å². The normalized spacial score (nSPS) is 16.0. The molecule has 0 saturated carbocycles. The summed E-state index contributed by atoms with van der Waals surface area (Å²) in [5, 5.41) is 7.59. The van der Waals surface area contributed by atoms with E-state index in [1.807, 2.05) is 66.4 Å². The van der Waals surface area contributed by atoms with E-state index >= 15 is 0 Å². The predicted molar refractivity (Wildman–Crippen MR) is 131 cm³/mol. The summed E-state index contributed by atoms with van der Waals surface area (Å²) in [4.78, 5) is 15.5. The minimum Gasteiger partial charge on any atom is -0.494 e. The van der Waals surface area contributed by atoms with Gasteiger partial charge in [-0.3, -0.25) is 9.89 Å². The van der Waals surface area contributed by atoms with E-state index in [2.05, 4.69) is 29.3 Å². The molecular formula is C28H25N3O4. The van der Waals surface area contributed by atoms with Gasteiger partial charge in [-0.1, -0.05) is 48.0 Å². The minimum atomic E-state index is -0.298. The lowest BCUT2D eigenvalue weighted by molar-refractivity contribution is 0.0730. The molecule has 4 aromatic rings. The van der Waals surface area contributed by atoms with E-state index in [1.54, 1.807) is 0 Å². The van der Waals surface area contributed by atoms with Gasteiger partial charge in [0.1, 0.15) is 11.4 Å². The van der Waals surface area contributed by atoms with Gasteiger partial charge in [-0.25, -0.2) is 0 Å². The molecule has 3 heterocycles. The topological polar surface area (TPSA) is 76.7 Å². The molecule has 2 aliphatic rings. The third-order valence-electron chi connectivity index (χ3n) is 6.49. The molecule has 176 valence electrons. The Labute approximate surface area is 203 Å². The summed E-state index contributed by atoms with van der Waals surface area (Å²) >= 11 is 0. The first-order chi connectivity index (χ1) is 17.1. The number of carbonyl (C=O) groups is 1. The molecule has 1 atom stereocenters. The van der Waals surface area contributed by atoms with E-state index in [0.29, 0.717) is 24.6 Å². The number of aryl methyl sites for hydroxylation is 1. The summed E-state index contributed by atoms with van der Waals surface area (Å²) in [5.41, 5.74) is 6.32. The Kier molecular flexibility index (Phi) is 5.17.